The lowest BCUT2D eigenvalue weighted by molar-refractivity contribution is -0.385. The Labute approximate surface area is 129 Å². The van der Waals surface area contributed by atoms with Gasteiger partial charge in [-0.25, -0.2) is 4.79 Å². The normalized spacial score (nSPS) is 10.3. The van der Waals surface area contributed by atoms with Crippen molar-refractivity contribution in [2.24, 2.45) is 0 Å². The van der Waals surface area contributed by atoms with Crippen LogP contribution >= 0.6 is 0 Å². The Kier molecular flexibility index (Phi) is 5.75. The highest BCUT2D eigenvalue weighted by molar-refractivity contribution is 5.67. The number of nitro groups is 1. The van der Waals surface area contributed by atoms with E-state index in [9.17, 15) is 14.9 Å². The molecular weight excluding hydrogens is 286 g/mol. The predicted octanol–water partition coefficient (Wildman–Crippen LogP) is 2.44. The number of carbonyl (C=O) groups is 1. The predicted molar refractivity (Wildman–Crippen MR) is 83.2 cm³/mol. The first-order valence-electron chi connectivity index (χ1n) is 6.68. The van der Waals surface area contributed by atoms with Crippen LogP contribution in [0.15, 0.2) is 18.2 Å². The van der Waals surface area contributed by atoms with Crippen molar-refractivity contribution in [2.75, 3.05) is 12.3 Å². The van der Waals surface area contributed by atoms with Gasteiger partial charge in [-0.1, -0.05) is 11.8 Å². The molecule has 0 aromatic heterocycles. The second kappa shape index (κ2) is 7.31. The van der Waals surface area contributed by atoms with Crippen molar-refractivity contribution in [1.82, 2.24) is 5.32 Å². The van der Waals surface area contributed by atoms with E-state index in [0.717, 1.165) is 0 Å². The maximum atomic E-state index is 11.4. The number of ether oxygens (including phenoxy) is 1. The van der Waals surface area contributed by atoms with E-state index in [0.29, 0.717) is 18.7 Å². The van der Waals surface area contributed by atoms with E-state index in [1.54, 1.807) is 26.8 Å². The third-order valence-electron chi connectivity index (χ3n) is 2.36. The number of nitrogens with two attached hydrogens (primary N) is 1. The number of hydrogen-bond donors (Lipinski definition) is 2. The van der Waals surface area contributed by atoms with Crippen LogP contribution in [0, 0.1) is 22.0 Å². The molecule has 1 rings (SSSR count). The van der Waals surface area contributed by atoms with Crippen LogP contribution in [0.2, 0.25) is 0 Å². The van der Waals surface area contributed by atoms with Crippen molar-refractivity contribution >= 4 is 17.5 Å². The van der Waals surface area contributed by atoms with Crippen molar-refractivity contribution in [1.29, 1.82) is 0 Å². The molecule has 0 aliphatic heterocycles. The average molecular weight is 305 g/mol. The molecule has 0 fully saturated rings. The van der Waals surface area contributed by atoms with Crippen molar-refractivity contribution in [3.63, 3.8) is 0 Å². The molecule has 118 valence electrons. The van der Waals surface area contributed by atoms with Crippen LogP contribution < -0.4 is 11.1 Å². The fourth-order valence-corrected chi connectivity index (χ4v) is 1.50. The molecule has 0 saturated heterocycles. The van der Waals surface area contributed by atoms with Gasteiger partial charge in [0.05, 0.1) is 4.92 Å². The highest BCUT2D eigenvalue weighted by Crippen LogP contribution is 2.20. The molecule has 0 atom stereocenters. The smallest absolute Gasteiger partial charge is 0.407 e. The average Bonchev–Trinajstić information content (AvgIpc) is 2.37. The van der Waals surface area contributed by atoms with Gasteiger partial charge in [-0.05, 0) is 32.9 Å². The molecule has 22 heavy (non-hydrogen) atoms. The zero-order valence-corrected chi connectivity index (χ0v) is 12.8. The molecule has 1 aromatic rings. The maximum Gasteiger partial charge on any atom is 0.407 e. The standard InChI is InChI=1S/C15H19N3O4/c1-15(2,3)22-14(19)17-9-5-4-6-11-7-8-12(16)10-13(11)18(20)21/h7-8,10H,5,9,16H2,1-3H3,(H,17,19). The Morgan fingerprint density at radius 3 is 2.73 bits per heavy atom. The fourth-order valence-electron chi connectivity index (χ4n) is 1.50. The molecule has 1 amide bonds. The topological polar surface area (TPSA) is 107 Å². The summed E-state index contributed by atoms with van der Waals surface area (Å²) in [6.45, 7) is 5.61. The van der Waals surface area contributed by atoms with E-state index in [1.165, 1.54) is 12.1 Å². The highest BCUT2D eigenvalue weighted by atomic mass is 16.6. The molecular formula is C15H19N3O4. The van der Waals surface area contributed by atoms with E-state index in [4.69, 9.17) is 10.5 Å². The molecule has 0 radical (unpaired) electrons. The van der Waals surface area contributed by atoms with Crippen molar-refractivity contribution in [3.8, 4) is 11.8 Å². The number of nitro benzene ring substituents is 1. The number of rotatable bonds is 3. The van der Waals surface area contributed by atoms with Crippen LogP contribution in [0.3, 0.4) is 0 Å². The van der Waals surface area contributed by atoms with Crippen molar-refractivity contribution < 1.29 is 14.5 Å². The minimum Gasteiger partial charge on any atom is -0.444 e. The Morgan fingerprint density at radius 1 is 1.45 bits per heavy atom. The minimum atomic E-state index is -0.555. The SMILES string of the molecule is CC(C)(C)OC(=O)NCCC#Cc1ccc(N)cc1[N+](=O)[O-]. The molecule has 7 heteroatoms. The van der Waals surface area contributed by atoms with Gasteiger partial charge in [0.25, 0.3) is 5.69 Å². The van der Waals surface area contributed by atoms with E-state index in [2.05, 4.69) is 17.2 Å². The molecule has 0 bridgehead atoms. The van der Waals surface area contributed by atoms with Gasteiger partial charge in [0.15, 0.2) is 0 Å². The molecule has 0 aliphatic carbocycles. The number of nitrogens with one attached hydrogen (secondary N) is 1. The molecule has 3 N–H and O–H groups in total. The third kappa shape index (κ3) is 6.13. The summed E-state index contributed by atoms with van der Waals surface area (Å²) in [6.07, 6.45) is -0.173. The number of nitrogens with zero attached hydrogens (tertiary/aromatic N) is 1. The number of amides is 1. The van der Waals surface area contributed by atoms with Crippen LogP contribution in [0.5, 0.6) is 0 Å². The molecule has 0 aliphatic rings. The van der Waals surface area contributed by atoms with Crippen LogP contribution in [-0.2, 0) is 4.74 Å². The van der Waals surface area contributed by atoms with E-state index < -0.39 is 16.6 Å². The molecule has 0 saturated carbocycles. The van der Waals surface area contributed by atoms with Gasteiger partial charge in [-0.15, -0.1) is 0 Å². The molecule has 0 heterocycles. The number of carbonyl (C=O) groups excluding carboxylic acids is 1. The summed E-state index contributed by atoms with van der Waals surface area (Å²) in [5, 5.41) is 13.4. The zero-order chi connectivity index (χ0) is 16.8. The van der Waals surface area contributed by atoms with Crippen LogP contribution in [0.1, 0.15) is 32.8 Å². The molecule has 1 aromatic carbocycles. The lowest BCUT2D eigenvalue weighted by atomic mass is 10.1. The van der Waals surface area contributed by atoms with Crippen LogP contribution in [0.25, 0.3) is 0 Å². The molecule has 7 nitrogen and oxygen atoms in total. The lowest BCUT2D eigenvalue weighted by Gasteiger charge is -2.19. The lowest BCUT2D eigenvalue weighted by Crippen LogP contribution is -2.32. The van der Waals surface area contributed by atoms with Crippen molar-refractivity contribution in [2.45, 2.75) is 32.8 Å². The van der Waals surface area contributed by atoms with Gasteiger partial charge in [0, 0.05) is 24.7 Å². The first-order valence-corrected chi connectivity index (χ1v) is 6.68. The fraction of sp³-hybridized carbons (Fsp3) is 0.400. The first-order chi connectivity index (χ1) is 10.2. The van der Waals surface area contributed by atoms with E-state index >= 15 is 0 Å². The number of benzene rings is 1. The number of anilines is 1. The van der Waals surface area contributed by atoms with Gasteiger partial charge >= 0.3 is 6.09 Å². The van der Waals surface area contributed by atoms with Crippen molar-refractivity contribution in [3.05, 3.63) is 33.9 Å². The summed E-state index contributed by atoms with van der Waals surface area (Å²) < 4.78 is 5.06. The van der Waals surface area contributed by atoms with Crippen LogP contribution in [0.4, 0.5) is 16.2 Å². The number of hydrogen-bond acceptors (Lipinski definition) is 5. The summed E-state index contributed by atoms with van der Waals surface area (Å²) in [4.78, 5) is 21.8. The third-order valence-corrected chi connectivity index (χ3v) is 2.36. The van der Waals surface area contributed by atoms with Gasteiger partial charge < -0.3 is 15.8 Å². The maximum absolute atomic E-state index is 11.4. The largest absolute Gasteiger partial charge is 0.444 e. The highest BCUT2D eigenvalue weighted by Gasteiger charge is 2.15. The van der Waals surface area contributed by atoms with E-state index in [1.807, 2.05) is 0 Å². The second-order valence-electron chi connectivity index (χ2n) is 5.51. The summed E-state index contributed by atoms with van der Waals surface area (Å²) in [5.74, 6) is 5.47. The second-order valence-corrected chi connectivity index (χ2v) is 5.51. The Bertz CT molecular complexity index is 624. The minimum absolute atomic E-state index is 0.132. The van der Waals surface area contributed by atoms with E-state index in [-0.39, 0.29) is 11.3 Å². The quantitative estimate of drug-likeness (QED) is 0.293. The summed E-state index contributed by atoms with van der Waals surface area (Å²) >= 11 is 0. The Balaban J connectivity index is 2.55. The Hall–Kier alpha value is -2.75. The molecule has 0 spiro atoms. The summed E-state index contributed by atoms with van der Waals surface area (Å²) in [6, 6.07) is 4.32. The monoisotopic (exact) mass is 305 g/mol. The number of alkyl carbamates (subject to hydrolysis) is 1. The summed E-state index contributed by atoms with van der Waals surface area (Å²) in [5.41, 5.74) is 5.42. The van der Waals surface area contributed by atoms with Gasteiger partial charge in [0.2, 0.25) is 0 Å². The van der Waals surface area contributed by atoms with Gasteiger partial charge in [-0.3, -0.25) is 10.1 Å². The zero-order valence-electron chi connectivity index (χ0n) is 12.8. The van der Waals surface area contributed by atoms with Gasteiger partial charge in [0.1, 0.15) is 11.2 Å². The number of nitrogen functional groups attached to an aromatic ring is 1. The Morgan fingerprint density at radius 2 is 2.14 bits per heavy atom. The first kappa shape index (κ1) is 17.3. The summed E-state index contributed by atoms with van der Waals surface area (Å²) in [7, 11) is 0. The molecule has 0 unspecified atom stereocenters. The van der Waals surface area contributed by atoms with Gasteiger partial charge in [-0.2, -0.15) is 0 Å². The van der Waals surface area contributed by atoms with Crippen LogP contribution in [-0.4, -0.2) is 23.2 Å².